The minimum Gasteiger partial charge on any atom is -0.385 e. The van der Waals surface area contributed by atoms with E-state index in [1.807, 2.05) is 45.0 Å². The number of hydrogen-bond acceptors (Lipinski definition) is 1. The van der Waals surface area contributed by atoms with E-state index in [2.05, 4.69) is 0 Å². The van der Waals surface area contributed by atoms with Crippen molar-refractivity contribution in [1.29, 1.82) is 0 Å². The molecule has 0 amide bonds. The van der Waals surface area contributed by atoms with Crippen molar-refractivity contribution in [2.45, 2.75) is 32.8 Å². The Morgan fingerprint density at radius 2 is 1.90 bits per heavy atom. The number of allylic oxidation sites excluding steroid dienone is 3. The quantitative estimate of drug-likeness (QED) is 0.830. The zero-order valence-electron chi connectivity index (χ0n) is 12.2. The van der Waals surface area contributed by atoms with Gasteiger partial charge in [-0.15, -0.1) is 0 Å². The summed E-state index contributed by atoms with van der Waals surface area (Å²) in [6.07, 6.45) is 7.46. The van der Waals surface area contributed by atoms with Gasteiger partial charge in [-0.3, -0.25) is 0 Å². The van der Waals surface area contributed by atoms with Gasteiger partial charge >= 0.3 is 0 Å². The first kappa shape index (κ1) is 14.7. The summed E-state index contributed by atoms with van der Waals surface area (Å²) < 4.78 is 14.1. The van der Waals surface area contributed by atoms with Crippen molar-refractivity contribution in [2.75, 3.05) is 0 Å². The van der Waals surface area contributed by atoms with E-state index in [1.165, 1.54) is 6.08 Å². The van der Waals surface area contributed by atoms with Gasteiger partial charge in [-0.05, 0) is 23.5 Å². The number of halogens is 1. The van der Waals surface area contributed by atoms with Crippen molar-refractivity contribution in [2.24, 2.45) is 5.41 Å². The van der Waals surface area contributed by atoms with Crippen molar-refractivity contribution in [1.82, 2.24) is 0 Å². The minimum absolute atomic E-state index is 0.243. The lowest BCUT2D eigenvalue weighted by Crippen LogP contribution is -2.41. The van der Waals surface area contributed by atoms with E-state index in [4.69, 9.17) is 0 Å². The molecule has 1 nitrogen and oxygen atoms in total. The molecule has 0 spiro atoms. The van der Waals surface area contributed by atoms with Gasteiger partial charge in [-0.25, -0.2) is 4.39 Å². The Kier molecular flexibility index (Phi) is 3.96. The predicted molar refractivity (Wildman–Crippen MR) is 81.8 cm³/mol. The Morgan fingerprint density at radius 1 is 1.25 bits per heavy atom. The van der Waals surface area contributed by atoms with Crippen LogP contribution < -0.4 is 0 Å². The number of hydrogen-bond donors (Lipinski definition) is 1. The minimum atomic E-state index is -0.867. The fourth-order valence-electron chi connectivity index (χ4n) is 2.13. The Morgan fingerprint density at radius 3 is 2.40 bits per heavy atom. The lowest BCUT2D eigenvalue weighted by Gasteiger charge is -2.38. The second kappa shape index (κ2) is 5.37. The van der Waals surface area contributed by atoms with Crippen molar-refractivity contribution in [3.05, 3.63) is 65.8 Å². The first-order valence-corrected chi connectivity index (χ1v) is 6.86. The molecule has 1 aromatic carbocycles. The standard InChI is InChI=1S/C18H21FO/c1-17(2,3)18(20)11-9-14(10-12-18)13-16(19)15-7-5-4-6-8-15/h4-11,13,20H,12H2,1-3H3/b16-13-. The van der Waals surface area contributed by atoms with Crippen LogP contribution in [0.25, 0.3) is 5.83 Å². The van der Waals surface area contributed by atoms with E-state index in [0.717, 1.165) is 5.57 Å². The molecular formula is C18H21FO. The molecule has 0 fully saturated rings. The van der Waals surface area contributed by atoms with Gasteiger partial charge in [0.15, 0.2) is 0 Å². The van der Waals surface area contributed by atoms with Crippen LogP contribution in [0.3, 0.4) is 0 Å². The summed E-state index contributed by atoms with van der Waals surface area (Å²) in [5, 5.41) is 10.5. The molecule has 106 valence electrons. The molecule has 20 heavy (non-hydrogen) atoms. The van der Waals surface area contributed by atoms with E-state index in [-0.39, 0.29) is 11.2 Å². The zero-order chi connectivity index (χ0) is 14.8. The number of aliphatic hydroxyl groups is 1. The van der Waals surface area contributed by atoms with Gasteiger partial charge < -0.3 is 5.11 Å². The maximum atomic E-state index is 14.1. The molecule has 1 unspecified atom stereocenters. The molecule has 1 N–H and O–H groups in total. The third kappa shape index (κ3) is 3.07. The van der Waals surface area contributed by atoms with E-state index < -0.39 is 5.60 Å². The van der Waals surface area contributed by atoms with Gasteiger partial charge in [0.2, 0.25) is 0 Å². The molecule has 0 aliphatic heterocycles. The van der Waals surface area contributed by atoms with Crippen LogP contribution in [0.5, 0.6) is 0 Å². The molecule has 2 rings (SSSR count). The van der Waals surface area contributed by atoms with Crippen LogP contribution >= 0.6 is 0 Å². The van der Waals surface area contributed by atoms with Crippen LogP contribution in [0.15, 0.2) is 60.2 Å². The third-order valence-electron chi connectivity index (χ3n) is 3.84. The largest absolute Gasteiger partial charge is 0.385 e. The van der Waals surface area contributed by atoms with Crippen LogP contribution in [0.4, 0.5) is 4.39 Å². The van der Waals surface area contributed by atoms with Crippen molar-refractivity contribution in [3.8, 4) is 0 Å². The highest BCUT2D eigenvalue weighted by molar-refractivity contribution is 5.63. The van der Waals surface area contributed by atoms with Crippen LogP contribution in [-0.2, 0) is 0 Å². The molecule has 0 radical (unpaired) electrons. The predicted octanol–water partition coefficient (Wildman–Crippen LogP) is 4.66. The highest BCUT2D eigenvalue weighted by Crippen LogP contribution is 2.38. The number of rotatable bonds is 2. The lowest BCUT2D eigenvalue weighted by molar-refractivity contribution is -0.0120. The highest BCUT2D eigenvalue weighted by atomic mass is 19.1. The molecular weight excluding hydrogens is 251 g/mol. The summed E-state index contributed by atoms with van der Waals surface area (Å²) in [5.74, 6) is -0.261. The fraction of sp³-hybridized carbons (Fsp3) is 0.333. The monoisotopic (exact) mass is 272 g/mol. The first-order chi connectivity index (χ1) is 9.32. The molecule has 0 saturated carbocycles. The van der Waals surface area contributed by atoms with E-state index in [1.54, 1.807) is 24.3 Å². The van der Waals surface area contributed by atoms with Gasteiger partial charge in [0, 0.05) is 5.56 Å². The summed E-state index contributed by atoms with van der Waals surface area (Å²) in [6, 6.07) is 8.97. The van der Waals surface area contributed by atoms with Crippen LogP contribution in [0.2, 0.25) is 0 Å². The number of benzene rings is 1. The Labute approximate surface area is 120 Å². The van der Waals surface area contributed by atoms with Gasteiger partial charge in [0.25, 0.3) is 0 Å². The molecule has 0 aromatic heterocycles. The molecule has 1 atom stereocenters. The first-order valence-electron chi connectivity index (χ1n) is 6.86. The van der Waals surface area contributed by atoms with Crippen molar-refractivity contribution in [3.63, 3.8) is 0 Å². The van der Waals surface area contributed by atoms with Crippen LogP contribution in [0, 0.1) is 5.41 Å². The molecule has 2 heteroatoms. The van der Waals surface area contributed by atoms with Crippen LogP contribution in [-0.4, -0.2) is 10.7 Å². The maximum Gasteiger partial charge on any atom is 0.131 e. The van der Waals surface area contributed by atoms with E-state index in [9.17, 15) is 9.50 Å². The van der Waals surface area contributed by atoms with Crippen molar-refractivity contribution < 1.29 is 9.50 Å². The average molecular weight is 272 g/mol. The molecule has 0 bridgehead atoms. The molecule has 1 aliphatic rings. The second-order valence-electron chi connectivity index (χ2n) is 6.27. The van der Waals surface area contributed by atoms with Crippen LogP contribution in [0.1, 0.15) is 32.8 Å². The smallest absolute Gasteiger partial charge is 0.131 e. The van der Waals surface area contributed by atoms with E-state index >= 15 is 0 Å². The van der Waals surface area contributed by atoms with Gasteiger partial charge in [0.1, 0.15) is 5.83 Å². The molecule has 0 saturated heterocycles. The normalized spacial score (nSPS) is 23.6. The summed E-state index contributed by atoms with van der Waals surface area (Å²) in [4.78, 5) is 0. The SMILES string of the molecule is CC(C)(C)C1(O)C=CC(/C=C(\F)c2ccccc2)=CC1. The second-order valence-corrected chi connectivity index (χ2v) is 6.27. The Bertz CT molecular complexity index is 561. The van der Waals surface area contributed by atoms with Gasteiger partial charge in [0.05, 0.1) is 5.60 Å². The van der Waals surface area contributed by atoms with Gasteiger partial charge in [-0.1, -0.05) is 69.3 Å². The topological polar surface area (TPSA) is 20.2 Å². The third-order valence-corrected chi connectivity index (χ3v) is 3.84. The molecule has 1 aliphatic carbocycles. The van der Waals surface area contributed by atoms with E-state index in [0.29, 0.717) is 12.0 Å². The highest BCUT2D eigenvalue weighted by Gasteiger charge is 2.37. The zero-order valence-corrected chi connectivity index (χ0v) is 12.2. The average Bonchev–Trinajstić information content (AvgIpc) is 2.41. The summed E-state index contributed by atoms with van der Waals surface area (Å²) in [7, 11) is 0. The summed E-state index contributed by atoms with van der Waals surface area (Å²) >= 11 is 0. The fourth-order valence-corrected chi connectivity index (χ4v) is 2.13. The lowest BCUT2D eigenvalue weighted by atomic mass is 9.72. The van der Waals surface area contributed by atoms with Crippen molar-refractivity contribution >= 4 is 5.83 Å². The summed E-state index contributed by atoms with van der Waals surface area (Å²) in [5.41, 5.74) is 0.250. The summed E-state index contributed by atoms with van der Waals surface area (Å²) in [6.45, 7) is 5.99. The van der Waals surface area contributed by atoms with Gasteiger partial charge in [-0.2, -0.15) is 0 Å². The maximum absolute atomic E-state index is 14.1. The Hall–Kier alpha value is -1.67. The Balaban J connectivity index is 2.17. The molecule has 1 aromatic rings. The molecule has 0 heterocycles.